The Morgan fingerprint density at radius 2 is 2.00 bits per heavy atom. The molecule has 5 N–H and O–H groups in total. The van der Waals surface area contributed by atoms with E-state index in [-0.39, 0.29) is 0 Å². The van der Waals surface area contributed by atoms with Crippen LogP contribution in [-0.2, 0) is 0 Å². The third-order valence-corrected chi connectivity index (χ3v) is 1.49. The summed E-state index contributed by atoms with van der Waals surface area (Å²) in [6.07, 6.45) is 0.728. The van der Waals surface area contributed by atoms with Gasteiger partial charge < -0.3 is 15.8 Å². The van der Waals surface area contributed by atoms with Crippen LogP contribution < -0.4 is 11.6 Å². The summed E-state index contributed by atoms with van der Waals surface area (Å²) in [4.78, 5) is 0. The van der Waals surface area contributed by atoms with Gasteiger partial charge in [0.1, 0.15) is 0 Å². The lowest BCUT2D eigenvalue weighted by Gasteiger charge is -2.25. The van der Waals surface area contributed by atoms with Gasteiger partial charge in [-0.2, -0.15) is 0 Å². The van der Waals surface area contributed by atoms with Crippen molar-refractivity contribution in [2.75, 3.05) is 6.54 Å². The monoisotopic (exact) mass is 173 g/mol. The van der Waals surface area contributed by atoms with Crippen LogP contribution in [-0.4, -0.2) is 22.8 Å². The second-order valence-corrected chi connectivity index (χ2v) is 3.31. The van der Waals surface area contributed by atoms with Crippen LogP contribution in [0.4, 0.5) is 0 Å². The Labute approximate surface area is 73.8 Å². The summed E-state index contributed by atoms with van der Waals surface area (Å²) in [5.41, 5.74) is 5.87. The molecule has 0 rings (SSSR count). The van der Waals surface area contributed by atoms with Crippen LogP contribution >= 0.6 is 0 Å². The average Bonchev–Trinajstić information content (AvgIpc) is 1.85. The number of hydrazine groups is 1. The van der Waals surface area contributed by atoms with E-state index in [0.717, 1.165) is 0 Å². The molecule has 0 radical (unpaired) electrons. The fraction of sp³-hybridized carbons (Fsp3) is 0.750. The zero-order valence-electron chi connectivity index (χ0n) is 7.99. The number of hydrogen-bond donors (Lipinski definition) is 3. The second kappa shape index (κ2) is 5.00. The van der Waals surface area contributed by atoms with E-state index in [9.17, 15) is 5.11 Å². The van der Waals surface area contributed by atoms with E-state index in [2.05, 4.69) is 13.8 Å². The van der Waals surface area contributed by atoms with Crippen molar-refractivity contribution in [3.8, 4) is 0 Å². The highest BCUT2D eigenvalue weighted by molar-refractivity contribution is 5.02. The minimum absolute atomic E-state index is 0.448. The Morgan fingerprint density at radius 1 is 1.50 bits per heavy atom. The van der Waals surface area contributed by atoms with Gasteiger partial charge in [0.25, 0.3) is 0 Å². The summed E-state index contributed by atoms with van der Waals surface area (Å²) in [5.74, 6) is 6.10. The van der Waals surface area contributed by atoms with Crippen molar-refractivity contribution < 1.29 is 5.11 Å². The van der Waals surface area contributed by atoms with Gasteiger partial charge in [0.15, 0.2) is 0 Å². The highest BCUT2D eigenvalue weighted by Crippen LogP contribution is 2.06. The SMILES string of the molecule is CC(C)CN(N)/C(=C\N)C(C)O. The second-order valence-electron chi connectivity index (χ2n) is 3.31. The molecule has 0 aromatic heterocycles. The van der Waals surface area contributed by atoms with Crippen LogP contribution in [0.3, 0.4) is 0 Å². The van der Waals surface area contributed by atoms with Crippen LogP contribution in [0.1, 0.15) is 20.8 Å². The highest BCUT2D eigenvalue weighted by Gasteiger charge is 2.11. The van der Waals surface area contributed by atoms with Crippen molar-refractivity contribution in [2.45, 2.75) is 26.9 Å². The number of aliphatic hydroxyl groups excluding tert-OH is 1. The molecule has 4 nitrogen and oxygen atoms in total. The van der Waals surface area contributed by atoms with Crippen LogP contribution in [0.5, 0.6) is 0 Å². The number of nitrogens with zero attached hydrogens (tertiary/aromatic N) is 1. The molecular formula is C8H19N3O. The lowest BCUT2D eigenvalue weighted by Crippen LogP contribution is -2.38. The van der Waals surface area contributed by atoms with Crippen LogP contribution in [0.2, 0.25) is 0 Å². The molecule has 0 aliphatic heterocycles. The van der Waals surface area contributed by atoms with Gasteiger partial charge in [-0.15, -0.1) is 0 Å². The fourth-order valence-electron chi connectivity index (χ4n) is 0.974. The van der Waals surface area contributed by atoms with Crippen LogP contribution in [0.15, 0.2) is 11.9 Å². The number of aliphatic hydroxyl groups is 1. The molecule has 0 heterocycles. The van der Waals surface area contributed by atoms with E-state index in [1.807, 2.05) is 0 Å². The van der Waals surface area contributed by atoms with E-state index in [1.54, 1.807) is 6.92 Å². The van der Waals surface area contributed by atoms with Crippen molar-refractivity contribution in [2.24, 2.45) is 17.5 Å². The molecule has 1 unspecified atom stereocenters. The van der Waals surface area contributed by atoms with Crippen molar-refractivity contribution >= 4 is 0 Å². The van der Waals surface area contributed by atoms with Gasteiger partial charge in [0.2, 0.25) is 0 Å². The first-order valence-electron chi connectivity index (χ1n) is 4.11. The minimum Gasteiger partial charge on any atom is -0.403 e. The maximum atomic E-state index is 9.23. The molecule has 0 aliphatic rings. The predicted molar refractivity (Wildman–Crippen MR) is 49.7 cm³/mol. The van der Waals surface area contributed by atoms with Crippen LogP contribution in [0.25, 0.3) is 0 Å². The molecule has 0 aliphatic carbocycles. The summed E-state index contributed by atoms with van der Waals surface area (Å²) in [7, 11) is 0. The Balaban J connectivity index is 4.14. The Morgan fingerprint density at radius 3 is 2.25 bits per heavy atom. The Hall–Kier alpha value is -0.740. The summed E-state index contributed by atoms with van der Waals surface area (Å²) in [5, 5.41) is 10.7. The summed E-state index contributed by atoms with van der Waals surface area (Å²) >= 11 is 0. The minimum atomic E-state index is -0.612. The topological polar surface area (TPSA) is 75.5 Å². The first-order valence-corrected chi connectivity index (χ1v) is 4.11. The highest BCUT2D eigenvalue weighted by atomic mass is 16.3. The van der Waals surface area contributed by atoms with Crippen molar-refractivity contribution in [1.82, 2.24) is 5.01 Å². The molecule has 0 saturated heterocycles. The zero-order valence-corrected chi connectivity index (χ0v) is 7.99. The first kappa shape index (κ1) is 11.3. The standard InChI is InChI=1S/C8H19N3O/c1-6(2)5-11(10)8(4-9)7(3)12/h4,6-7,12H,5,9-10H2,1-3H3/b8-4-. The van der Waals surface area contributed by atoms with E-state index in [1.165, 1.54) is 11.2 Å². The third-order valence-electron chi connectivity index (χ3n) is 1.49. The lowest BCUT2D eigenvalue weighted by atomic mass is 10.2. The smallest absolute Gasteiger partial charge is 0.0937 e. The lowest BCUT2D eigenvalue weighted by molar-refractivity contribution is 0.170. The summed E-state index contributed by atoms with van der Waals surface area (Å²) in [6, 6.07) is 0. The van der Waals surface area contributed by atoms with Gasteiger partial charge in [0.05, 0.1) is 11.8 Å². The van der Waals surface area contributed by atoms with E-state index in [4.69, 9.17) is 11.6 Å². The first-order chi connectivity index (χ1) is 5.49. The quantitative estimate of drug-likeness (QED) is 0.413. The van der Waals surface area contributed by atoms with E-state index >= 15 is 0 Å². The largest absolute Gasteiger partial charge is 0.403 e. The maximum Gasteiger partial charge on any atom is 0.0937 e. The van der Waals surface area contributed by atoms with Crippen molar-refractivity contribution in [3.63, 3.8) is 0 Å². The van der Waals surface area contributed by atoms with Gasteiger partial charge in [-0.25, -0.2) is 5.84 Å². The number of hydrogen-bond acceptors (Lipinski definition) is 4. The molecule has 0 spiro atoms. The number of nitrogens with two attached hydrogens (primary N) is 2. The molecule has 0 aromatic rings. The van der Waals surface area contributed by atoms with Gasteiger partial charge in [0, 0.05) is 12.7 Å². The molecule has 0 fully saturated rings. The Kier molecular flexibility index (Phi) is 4.70. The van der Waals surface area contributed by atoms with E-state index in [0.29, 0.717) is 18.2 Å². The van der Waals surface area contributed by atoms with Gasteiger partial charge in [-0.1, -0.05) is 13.8 Å². The molecule has 0 bridgehead atoms. The molecule has 12 heavy (non-hydrogen) atoms. The van der Waals surface area contributed by atoms with E-state index < -0.39 is 6.10 Å². The van der Waals surface area contributed by atoms with Crippen LogP contribution in [0, 0.1) is 5.92 Å². The van der Waals surface area contributed by atoms with Crippen molar-refractivity contribution in [3.05, 3.63) is 11.9 Å². The molecule has 0 amide bonds. The van der Waals surface area contributed by atoms with Gasteiger partial charge in [-0.05, 0) is 12.8 Å². The molecule has 72 valence electrons. The normalized spacial score (nSPS) is 15.0. The van der Waals surface area contributed by atoms with Gasteiger partial charge >= 0.3 is 0 Å². The predicted octanol–water partition coefficient (Wildman–Crippen LogP) is -0.001000. The molecule has 0 aromatic carbocycles. The summed E-state index contributed by atoms with van der Waals surface area (Å²) in [6.45, 7) is 6.43. The number of rotatable bonds is 4. The fourth-order valence-corrected chi connectivity index (χ4v) is 0.974. The van der Waals surface area contributed by atoms with Crippen molar-refractivity contribution in [1.29, 1.82) is 0 Å². The average molecular weight is 173 g/mol. The van der Waals surface area contributed by atoms with Gasteiger partial charge in [-0.3, -0.25) is 0 Å². The molecular weight excluding hydrogens is 154 g/mol. The zero-order chi connectivity index (χ0) is 9.72. The molecule has 4 heteroatoms. The summed E-state index contributed by atoms with van der Waals surface area (Å²) < 4.78 is 0. The maximum absolute atomic E-state index is 9.23. The third kappa shape index (κ3) is 3.59. The Bertz CT molecular complexity index is 154. The molecule has 1 atom stereocenters. The molecule has 0 saturated carbocycles.